The standard InChI is InChI=1S/C14H20N2O2S/c1-14(2)7-12(9-19-10-14)15-8-11-5-3-4-6-13(11)16(17)18/h3-6,12,15H,7-10H2,1-2H3. The Bertz CT molecular complexity index is 463. The lowest BCUT2D eigenvalue weighted by Crippen LogP contribution is -2.40. The molecule has 4 nitrogen and oxygen atoms in total. The average Bonchev–Trinajstić information content (AvgIpc) is 2.35. The quantitative estimate of drug-likeness (QED) is 0.679. The highest BCUT2D eigenvalue weighted by atomic mass is 32.2. The Morgan fingerprint density at radius 2 is 2.21 bits per heavy atom. The molecule has 0 bridgehead atoms. The van der Waals surface area contributed by atoms with Crippen molar-refractivity contribution in [2.75, 3.05) is 11.5 Å². The number of nitrogens with zero attached hydrogens (tertiary/aromatic N) is 1. The van der Waals surface area contributed by atoms with Gasteiger partial charge in [-0.05, 0) is 17.6 Å². The number of benzene rings is 1. The van der Waals surface area contributed by atoms with Gasteiger partial charge in [0.2, 0.25) is 0 Å². The summed E-state index contributed by atoms with van der Waals surface area (Å²) in [6.07, 6.45) is 1.13. The van der Waals surface area contributed by atoms with Crippen molar-refractivity contribution in [2.24, 2.45) is 5.41 Å². The molecule has 19 heavy (non-hydrogen) atoms. The van der Waals surface area contributed by atoms with Gasteiger partial charge in [0.05, 0.1) is 4.92 Å². The van der Waals surface area contributed by atoms with Crippen LogP contribution < -0.4 is 5.32 Å². The molecule has 104 valence electrons. The van der Waals surface area contributed by atoms with Crippen LogP contribution in [0.15, 0.2) is 24.3 Å². The van der Waals surface area contributed by atoms with Crippen LogP contribution in [-0.4, -0.2) is 22.5 Å². The van der Waals surface area contributed by atoms with Crippen molar-refractivity contribution in [1.29, 1.82) is 0 Å². The summed E-state index contributed by atoms with van der Waals surface area (Å²) in [4.78, 5) is 10.6. The van der Waals surface area contributed by atoms with Crippen LogP contribution in [0.5, 0.6) is 0 Å². The maximum atomic E-state index is 10.9. The Kier molecular flexibility index (Phi) is 4.47. The molecule has 0 aliphatic carbocycles. The van der Waals surface area contributed by atoms with Gasteiger partial charge in [-0.15, -0.1) is 0 Å². The minimum absolute atomic E-state index is 0.206. The molecule has 1 heterocycles. The van der Waals surface area contributed by atoms with Gasteiger partial charge in [-0.2, -0.15) is 11.8 Å². The lowest BCUT2D eigenvalue weighted by molar-refractivity contribution is -0.385. The second kappa shape index (κ2) is 5.92. The molecule has 1 saturated heterocycles. The predicted molar refractivity (Wildman–Crippen MR) is 79.4 cm³/mol. The summed E-state index contributed by atoms with van der Waals surface area (Å²) >= 11 is 1.96. The van der Waals surface area contributed by atoms with E-state index in [0.717, 1.165) is 17.7 Å². The second-order valence-electron chi connectivity index (χ2n) is 5.85. The van der Waals surface area contributed by atoms with Crippen molar-refractivity contribution in [1.82, 2.24) is 5.32 Å². The number of rotatable bonds is 4. The fourth-order valence-electron chi connectivity index (χ4n) is 2.49. The van der Waals surface area contributed by atoms with Gasteiger partial charge in [-0.25, -0.2) is 0 Å². The van der Waals surface area contributed by atoms with E-state index >= 15 is 0 Å². The SMILES string of the molecule is CC1(C)CSCC(NCc2ccccc2[N+](=O)[O-])C1. The summed E-state index contributed by atoms with van der Waals surface area (Å²) in [7, 11) is 0. The molecule has 1 aliphatic rings. The van der Waals surface area contributed by atoms with Crippen LogP contribution in [0.2, 0.25) is 0 Å². The number of nitrogens with one attached hydrogen (secondary N) is 1. The molecule has 1 aromatic rings. The van der Waals surface area contributed by atoms with Crippen LogP contribution in [0, 0.1) is 15.5 Å². The number of nitro groups is 1. The summed E-state index contributed by atoms with van der Waals surface area (Å²) in [5.74, 6) is 2.28. The van der Waals surface area contributed by atoms with Crippen LogP contribution in [0.1, 0.15) is 25.8 Å². The molecule has 0 saturated carbocycles. The van der Waals surface area contributed by atoms with Gasteiger partial charge in [-0.3, -0.25) is 10.1 Å². The lowest BCUT2D eigenvalue weighted by atomic mass is 9.88. The van der Waals surface area contributed by atoms with Gasteiger partial charge in [0.25, 0.3) is 5.69 Å². The van der Waals surface area contributed by atoms with E-state index in [0.29, 0.717) is 18.0 Å². The maximum Gasteiger partial charge on any atom is 0.273 e. The van der Waals surface area contributed by atoms with E-state index < -0.39 is 0 Å². The fraction of sp³-hybridized carbons (Fsp3) is 0.571. The summed E-state index contributed by atoms with van der Waals surface area (Å²) in [5, 5.41) is 14.4. The largest absolute Gasteiger partial charge is 0.309 e. The van der Waals surface area contributed by atoms with Gasteiger partial charge in [0.1, 0.15) is 0 Å². The molecule has 5 heteroatoms. The molecular weight excluding hydrogens is 260 g/mol. The van der Waals surface area contributed by atoms with E-state index in [9.17, 15) is 10.1 Å². The third kappa shape index (κ3) is 3.94. The van der Waals surface area contributed by atoms with E-state index in [1.807, 2.05) is 23.9 Å². The highest BCUT2D eigenvalue weighted by Gasteiger charge is 2.28. The fourth-order valence-corrected chi connectivity index (χ4v) is 3.79. The molecule has 1 aliphatic heterocycles. The monoisotopic (exact) mass is 280 g/mol. The molecule has 1 N–H and O–H groups in total. The van der Waals surface area contributed by atoms with E-state index in [2.05, 4.69) is 19.2 Å². The molecule has 1 fully saturated rings. The summed E-state index contributed by atoms with van der Waals surface area (Å²) in [5.41, 5.74) is 1.32. The Balaban J connectivity index is 1.97. The first kappa shape index (κ1) is 14.3. The average molecular weight is 280 g/mol. The van der Waals surface area contributed by atoms with E-state index in [-0.39, 0.29) is 10.6 Å². The molecule has 0 spiro atoms. The summed E-state index contributed by atoms with van der Waals surface area (Å²) in [6.45, 7) is 5.12. The zero-order chi connectivity index (χ0) is 13.9. The van der Waals surface area contributed by atoms with E-state index in [1.54, 1.807) is 12.1 Å². The Morgan fingerprint density at radius 3 is 2.89 bits per heavy atom. The molecule has 2 rings (SSSR count). The van der Waals surface area contributed by atoms with Gasteiger partial charge in [0, 0.05) is 30.0 Å². The first-order chi connectivity index (χ1) is 8.98. The Labute approximate surface area is 118 Å². The van der Waals surface area contributed by atoms with Crippen LogP contribution in [0.3, 0.4) is 0 Å². The third-order valence-electron chi connectivity index (χ3n) is 3.38. The smallest absolute Gasteiger partial charge is 0.273 e. The van der Waals surface area contributed by atoms with Crippen molar-refractivity contribution in [3.63, 3.8) is 0 Å². The van der Waals surface area contributed by atoms with Crippen molar-refractivity contribution >= 4 is 17.4 Å². The molecule has 1 unspecified atom stereocenters. The molecule has 0 aromatic heterocycles. The van der Waals surface area contributed by atoms with Crippen LogP contribution in [-0.2, 0) is 6.54 Å². The molecule has 0 radical (unpaired) electrons. The summed E-state index contributed by atoms with van der Waals surface area (Å²) < 4.78 is 0. The van der Waals surface area contributed by atoms with Gasteiger partial charge in [-0.1, -0.05) is 32.0 Å². The minimum Gasteiger partial charge on any atom is -0.309 e. The topological polar surface area (TPSA) is 55.2 Å². The van der Waals surface area contributed by atoms with Gasteiger partial charge < -0.3 is 5.32 Å². The number of thioether (sulfide) groups is 1. The number of nitro benzene ring substituents is 1. The van der Waals surface area contributed by atoms with Crippen molar-refractivity contribution in [3.8, 4) is 0 Å². The Hall–Kier alpha value is -1.07. The van der Waals surface area contributed by atoms with Crippen LogP contribution in [0.4, 0.5) is 5.69 Å². The molecular formula is C14H20N2O2S. The first-order valence-corrected chi connectivity index (χ1v) is 7.67. The number of para-hydroxylation sites is 1. The maximum absolute atomic E-state index is 10.9. The van der Waals surface area contributed by atoms with Gasteiger partial charge in [0.15, 0.2) is 0 Å². The van der Waals surface area contributed by atoms with Crippen molar-refractivity contribution in [3.05, 3.63) is 39.9 Å². The molecule has 1 atom stereocenters. The molecule has 0 amide bonds. The first-order valence-electron chi connectivity index (χ1n) is 6.51. The molecule has 1 aromatic carbocycles. The zero-order valence-electron chi connectivity index (χ0n) is 11.4. The van der Waals surface area contributed by atoms with Crippen molar-refractivity contribution in [2.45, 2.75) is 32.9 Å². The predicted octanol–water partition coefficient (Wildman–Crippen LogP) is 3.22. The third-order valence-corrected chi connectivity index (χ3v) is 5.00. The number of hydrogen-bond acceptors (Lipinski definition) is 4. The number of hydrogen-bond donors (Lipinski definition) is 1. The summed E-state index contributed by atoms with van der Waals surface area (Å²) in [6, 6.07) is 7.39. The van der Waals surface area contributed by atoms with Gasteiger partial charge >= 0.3 is 0 Å². The van der Waals surface area contributed by atoms with Crippen molar-refractivity contribution < 1.29 is 4.92 Å². The van der Waals surface area contributed by atoms with E-state index in [4.69, 9.17) is 0 Å². The normalized spacial score (nSPS) is 22.1. The van der Waals surface area contributed by atoms with Crippen LogP contribution >= 0.6 is 11.8 Å². The second-order valence-corrected chi connectivity index (χ2v) is 6.88. The van der Waals surface area contributed by atoms with Crippen LogP contribution in [0.25, 0.3) is 0 Å². The highest BCUT2D eigenvalue weighted by molar-refractivity contribution is 7.99. The van der Waals surface area contributed by atoms with E-state index in [1.165, 1.54) is 5.75 Å². The highest BCUT2D eigenvalue weighted by Crippen LogP contribution is 2.33. The minimum atomic E-state index is -0.309. The lowest BCUT2D eigenvalue weighted by Gasteiger charge is -2.35. The Morgan fingerprint density at radius 1 is 1.47 bits per heavy atom. The zero-order valence-corrected chi connectivity index (χ0v) is 12.2.